The Labute approximate surface area is 109 Å². The lowest BCUT2D eigenvalue weighted by molar-refractivity contribution is 0.538. The number of benzene rings is 1. The van der Waals surface area contributed by atoms with E-state index in [1.165, 1.54) is 17.5 Å². The first-order valence-corrected chi connectivity index (χ1v) is 6.90. The van der Waals surface area contributed by atoms with E-state index in [2.05, 4.69) is 36.2 Å². The fourth-order valence-electron chi connectivity index (χ4n) is 2.31. The molecule has 18 heavy (non-hydrogen) atoms. The van der Waals surface area contributed by atoms with Gasteiger partial charge in [-0.3, -0.25) is 4.98 Å². The third-order valence-electron chi connectivity index (χ3n) is 3.32. The van der Waals surface area contributed by atoms with Crippen LogP contribution in [0.15, 0.2) is 36.4 Å². The second-order valence-corrected chi connectivity index (χ2v) is 4.94. The highest BCUT2D eigenvalue weighted by atomic mass is 14.7. The predicted molar refractivity (Wildman–Crippen MR) is 77.6 cm³/mol. The van der Waals surface area contributed by atoms with Crippen molar-refractivity contribution in [2.45, 2.75) is 45.1 Å². The van der Waals surface area contributed by atoms with Crippen LogP contribution in [-0.4, -0.2) is 11.0 Å². The molecule has 1 atom stereocenters. The van der Waals surface area contributed by atoms with E-state index >= 15 is 0 Å². The summed E-state index contributed by atoms with van der Waals surface area (Å²) in [6.07, 6.45) is 5.57. The van der Waals surface area contributed by atoms with Crippen molar-refractivity contribution in [2.75, 3.05) is 0 Å². The van der Waals surface area contributed by atoms with Gasteiger partial charge in [-0.25, -0.2) is 0 Å². The number of hydrogen-bond donors (Lipinski definition) is 1. The van der Waals surface area contributed by atoms with Crippen molar-refractivity contribution >= 4 is 10.9 Å². The van der Waals surface area contributed by atoms with E-state index in [0.29, 0.717) is 6.04 Å². The quantitative estimate of drug-likeness (QED) is 0.839. The Bertz CT molecular complexity index is 493. The molecule has 1 aromatic carbocycles. The average molecular weight is 242 g/mol. The summed E-state index contributed by atoms with van der Waals surface area (Å²) in [5.74, 6) is 0. The number of pyridine rings is 1. The maximum atomic E-state index is 6.02. The van der Waals surface area contributed by atoms with Crippen LogP contribution in [0.1, 0.15) is 38.3 Å². The number of fused-ring (bicyclic) bond motifs is 1. The summed E-state index contributed by atoms with van der Waals surface area (Å²) in [6, 6.07) is 12.9. The number of para-hydroxylation sites is 1. The van der Waals surface area contributed by atoms with Crippen LogP contribution in [0.4, 0.5) is 0 Å². The number of rotatable bonds is 6. The third-order valence-corrected chi connectivity index (χ3v) is 3.32. The highest BCUT2D eigenvalue weighted by molar-refractivity contribution is 5.78. The van der Waals surface area contributed by atoms with Crippen LogP contribution >= 0.6 is 0 Å². The summed E-state index contributed by atoms with van der Waals surface area (Å²) < 4.78 is 0. The number of hydrogen-bond acceptors (Lipinski definition) is 2. The van der Waals surface area contributed by atoms with E-state index in [9.17, 15) is 0 Å². The van der Waals surface area contributed by atoms with Gasteiger partial charge >= 0.3 is 0 Å². The molecule has 2 nitrogen and oxygen atoms in total. The summed E-state index contributed by atoms with van der Waals surface area (Å²) in [6.45, 7) is 2.19. The molecular formula is C16H22N2. The molecule has 2 rings (SSSR count). The molecule has 1 aromatic heterocycles. The number of aromatic nitrogens is 1. The van der Waals surface area contributed by atoms with Gasteiger partial charge in [-0.05, 0) is 37.8 Å². The van der Waals surface area contributed by atoms with Gasteiger partial charge in [0.15, 0.2) is 0 Å². The molecule has 2 N–H and O–H groups in total. The Morgan fingerprint density at radius 3 is 2.78 bits per heavy atom. The molecule has 96 valence electrons. The Hall–Kier alpha value is -1.41. The van der Waals surface area contributed by atoms with Gasteiger partial charge in [0.05, 0.1) is 5.52 Å². The van der Waals surface area contributed by atoms with Gasteiger partial charge < -0.3 is 5.73 Å². The van der Waals surface area contributed by atoms with Gasteiger partial charge in [0.2, 0.25) is 0 Å². The van der Waals surface area contributed by atoms with Crippen LogP contribution in [0, 0.1) is 0 Å². The van der Waals surface area contributed by atoms with Crippen LogP contribution in [0.25, 0.3) is 10.9 Å². The van der Waals surface area contributed by atoms with Crippen molar-refractivity contribution in [3.05, 3.63) is 42.1 Å². The lowest BCUT2D eigenvalue weighted by Crippen LogP contribution is -2.19. The van der Waals surface area contributed by atoms with Crippen LogP contribution in [0.5, 0.6) is 0 Å². The Kier molecular flexibility index (Phi) is 4.71. The van der Waals surface area contributed by atoms with Crippen molar-refractivity contribution in [2.24, 2.45) is 5.73 Å². The highest BCUT2D eigenvalue weighted by Crippen LogP contribution is 2.13. The van der Waals surface area contributed by atoms with Crippen LogP contribution in [-0.2, 0) is 6.42 Å². The summed E-state index contributed by atoms with van der Waals surface area (Å²) in [4.78, 5) is 4.68. The lowest BCUT2D eigenvalue weighted by atomic mass is 10.0. The second kappa shape index (κ2) is 6.50. The first-order chi connectivity index (χ1) is 8.79. The van der Waals surface area contributed by atoms with Gasteiger partial charge in [0, 0.05) is 17.1 Å². The molecule has 0 radical (unpaired) electrons. The van der Waals surface area contributed by atoms with Crippen molar-refractivity contribution in [3.63, 3.8) is 0 Å². The molecule has 0 bridgehead atoms. The Morgan fingerprint density at radius 1 is 1.11 bits per heavy atom. The molecule has 0 saturated carbocycles. The zero-order valence-electron chi connectivity index (χ0n) is 11.1. The smallest absolute Gasteiger partial charge is 0.0705 e. The molecule has 0 amide bonds. The van der Waals surface area contributed by atoms with E-state index in [4.69, 9.17) is 5.73 Å². The molecule has 2 aromatic rings. The summed E-state index contributed by atoms with van der Waals surface area (Å²) in [5.41, 5.74) is 8.29. The fraction of sp³-hybridized carbons (Fsp3) is 0.438. The second-order valence-electron chi connectivity index (χ2n) is 4.94. The predicted octanol–water partition coefficient (Wildman–Crippen LogP) is 3.68. The number of aryl methyl sites for hydroxylation is 1. The van der Waals surface area contributed by atoms with Crippen molar-refractivity contribution in [1.29, 1.82) is 0 Å². The SMILES string of the molecule is CCCC(N)CCCc1ccc2ccccc2n1. The van der Waals surface area contributed by atoms with Gasteiger partial charge in [0.1, 0.15) is 0 Å². The van der Waals surface area contributed by atoms with E-state index in [0.717, 1.165) is 31.2 Å². The van der Waals surface area contributed by atoms with Crippen LogP contribution in [0.3, 0.4) is 0 Å². The monoisotopic (exact) mass is 242 g/mol. The molecule has 0 aliphatic carbocycles. The first kappa shape index (κ1) is 13.0. The molecule has 0 aliphatic rings. The van der Waals surface area contributed by atoms with Crippen LogP contribution < -0.4 is 5.73 Å². The van der Waals surface area contributed by atoms with Crippen molar-refractivity contribution in [3.8, 4) is 0 Å². The third kappa shape index (κ3) is 3.54. The van der Waals surface area contributed by atoms with E-state index in [1.54, 1.807) is 0 Å². The first-order valence-electron chi connectivity index (χ1n) is 6.90. The maximum Gasteiger partial charge on any atom is 0.0705 e. The molecule has 2 heteroatoms. The van der Waals surface area contributed by atoms with E-state index in [-0.39, 0.29) is 0 Å². The molecule has 0 fully saturated rings. The van der Waals surface area contributed by atoms with E-state index in [1.807, 2.05) is 12.1 Å². The number of nitrogens with zero attached hydrogens (tertiary/aromatic N) is 1. The molecule has 1 unspecified atom stereocenters. The van der Waals surface area contributed by atoms with Gasteiger partial charge in [0.25, 0.3) is 0 Å². The standard InChI is InChI=1S/C16H22N2/c1-2-6-14(17)8-5-9-15-12-11-13-7-3-4-10-16(13)18-15/h3-4,7,10-12,14H,2,5-6,8-9,17H2,1H3. The highest BCUT2D eigenvalue weighted by Gasteiger charge is 2.02. The minimum Gasteiger partial charge on any atom is -0.328 e. The topological polar surface area (TPSA) is 38.9 Å². The van der Waals surface area contributed by atoms with Crippen molar-refractivity contribution < 1.29 is 0 Å². The molecule has 0 spiro atoms. The maximum absolute atomic E-state index is 6.02. The van der Waals surface area contributed by atoms with Crippen LogP contribution in [0.2, 0.25) is 0 Å². The zero-order valence-corrected chi connectivity index (χ0v) is 11.1. The molecule has 0 aliphatic heterocycles. The van der Waals surface area contributed by atoms with Gasteiger partial charge in [-0.15, -0.1) is 0 Å². The molecule has 1 heterocycles. The van der Waals surface area contributed by atoms with E-state index < -0.39 is 0 Å². The lowest BCUT2D eigenvalue weighted by Gasteiger charge is -2.09. The minimum absolute atomic E-state index is 0.357. The minimum atomic E-state index is 0.357. The summed E-state index contributed by atoms with van der Waals surface area (Å²) >= 11 is 0. The Morgan fingerprint density at radius 2 is 1.94 bits per heavy atom. The Balaban J connectivity index is 1.91. The van der Waals surface area contributed by atoms with Gasteiger partial charge in [-0.2, -0.15) is 0 Å². The normalized spacial score (nSPS) is 12.8. The van der Waals surface area contributed by atoms with Crippen molar-refractivity contribution in [1.82, 2.24) is 4.98 Å². The molecular weight excluding hydrogens is 220 g/mol. The summed E-state index contributed by atoms with van der Waals surface area (Å²) in [7, 11) is 0. The van der Waals surface area contributed by atoms with Gasteiger partial charge in [-0.1, -0.05) is 37.6 Å². The number of nitrogens with two attached hydrogens (primary N) is 1. The fourth-order valence-corrected chi connectivity index (χ4v) is 2.31. The summed E-state index contributed by atoms with van der Waals surface area (Å²) in [5, 5.41) is 1.21. The molecule has 0 saturated heterocycles. The zero-order chi connectivity index (χ0) is 12.8. The largest absolute Gasteiger partial charge is 0.328 e. The average Bonchev–Trinajstić information content (AvgIpc) is 2.39.